The van der Waals surface area contributed by atoms with E-state index in [-0.39, 0.29) is 16.3 Å². The molecule has 4 bridgehead atoms. The molecule has 30 heavy (non-hydrogen) atoms. The van der Waals surface area contributed by atoms with Crippen LogP contribution in [0.25, 0.3) is 0 Å². The number of hydrogen-bond donors (Lipinski definition) is 2. The standard InChI is InChI=1S/C23H35N3O3S/c1-3-4-9-26(2)30(28,29)21-7-5-20(6-8-21)25-22(27)16-24-23-13-17-10-18(14-23)12-19(11-17)15-23/h5-8,17-19,24H,3-4,9-16H2,1-2H3,(H,25,27)/p+1. The van der Waals surface area contributed by atoms with Gasteiger partial charge in [0.2, 0.25) is 10.0 Å². The van der Waals surface area contributed by atoms with E-state index in [0.29, 0.717) is 18.8 Å². The third-order valence-electron chi connectivity index (χ3n) is 7.48. The van der Waals surface area contributed by atoms with Crippen molar-refractivity contribution in [2.45, 2.75) is 68.7 Å². The lowest BCUT2D eigenvalue weighted by molar-refractivity contribution is -0.729. The lowest BCUT2D eigenvalue weighted by Crippen LogP contribution is -3.00. The summed E-state index contributed by atoms with van der Waals surface area (Å²) in [6.45, 7) is 2.99. The van der Waals surface area contributed by atoms with Crippen LogP contribution in [0.3, 0.4) is 0 Å². The van der Waals surface area contributed by atoms with E-state index in [1.165, 1.54) is 42.8 Å². The fraction of sp³-hybridized carbons (Fsp3) is 0.696. The summed E-state index contributed by atoms with van der Waals surface area (Å²) in [4.78, 5) is 12.8. The third-order valence-corrected chi connectivity index (χ3v) is 9.35. The predicted octanol–water partition coefficient (Wildman–Crippen LogP) is 2.58. The molecule has 5 rings (SSSR count). The number of nitrogens with one attached hydrogen (secondary N) is 1. The molecule has 4 aliphatic carbocycles. The van der Waals surface area contributed by atoms with Gasteiger partial charge in [0, 0.05) is 38.5 Å². The second kappa shape index (κ2) is 8.60. The maximum atomic E-state index is 12.6. The van der Waals surface area contributed by atoms with Crippen LogP contribution in [0.1, 0.15) is 58.3 Å². The van der Waals surface area contributed by atoms with E-state index in [1.54, 1.807) is 31.3 Å². The SMILES string of the molecule is CCCCN(C)S(=O)(=O)c1ccc(NC(=O)C[NH2+]C23CC4CC(CC(C4)C2)C3)cc1. The average Bonchev–Trinajstić information content (AvgIpc) is 2.70. The highest BCUT2D eigenvalue weighted by molar-refractivity contribution is 7.89. The summed E-state index contributed by atoms with van der Waals surface area (Å²) in [5.41, 5.74) is 0.932. The Bertz CT molecular complexity index is 831. The fourth-order valence-electron chi connectivity index (χ4n) is 6.34. The lowest BCUT2D eigenvalue weighted by atomic mass is 9.53. The Hall–Kier alpha value is -1.44. The Labute approximate surface area is 180 Å². The molecule has 3 N–H and O–H groups in total. The molecule has 1 amide bonds. The Kier molecular flexibility index (Phi) is 6.24. The van der Waals surface area contributed by atoms with E-state index < -0.39 is 10.0 Å². The first-order valence-corrected chi connectivity index (χ1v) is 12.9. The van der Waals surface area contributed by atoms with Crippen molar-refractivity contribution in [3.05, 3.63) is 24.3 Å². The number of amides is 1. The number of hydrogen-bond acceptors (Lipinski definition) is 3. The van der Waals surface area contributed by atoms with Crippen molar-refractivity contribution in [1.29, 1.82) is 0 Å². The molecule has 0 aliphatic heterocycles. The van der Waals surface area contributed by atoms with E-state index in [4.69, 9.17) is 0 Å². The molecule has 0 spiro atoms. The zero-order valence-corrected chi connectivity index (χ0v) is 19.1. The van der Waals surface area contributed by atoms with Crippen LogP contribution in [0, 0.1) is 17.8 Å². The molecule has 0 saturated heterocycles. The monoisotopic (exact) mass is 434 g/mol. The van der Waals surface area contributed by atoms with Crippen LogP contribution in [0.15, 0.2) is 29.2 Å². The van der Waals surface area contributed by atoms with Gasteiger partial charge in [-0.3, -0.25) is 4.79 Å². The number of benzene rings is 1. The fourth-order valence-corrected chi connectivity index (χ4v) is 7.55. The van der Waals surface area contributed by atoms with Gasteiger partial charge in [-0.15, -0.1) is 0 Å². The molecule has 4 fully saturated rings. The smallest absolute Gasteiger partial charge is 0.279 e. The highest BCUT2D eigenvalue weighted by atomic mass is 32.2. The minimum Gasteiger partial charge on any atom is -0.334 e. The van der Waals surface area contributed by atoms with Crippen LogP contribution in [0.4, 0.5) is 5.69 Å². The molecule has 7 heteroatoms. The summed E-state index contributed by atoms with van der Waals surface area (Å²) < 4.78 is 26.6. The number of unbranched alkanes of at least 4 members (excludes halogenated alkanes) is 1. The van der Waals surface area contributed by atoms with Gasteiger partial charge in [0.15, 0.2) is 6.54 Å². The van der Waals surface area contributed by atoms with E-state index in [0.717, 1.165) is 30.6 Å². The first-order valence-electron chi connectivity index (χ1n) is 11.5. The Balaban J connectivity index is 1.31. The number of quaternary nitrogens is 1. The van der Waals surface area contributed by atoms with Crippen LogP contribution in [0.5, 0.6) is 0 Å². The molecule has 0 unspecified atom stereocenters. The Morgan fingerprint density at radius 1 is 1.10 bits per heavy atom. The maximum Gasteiger partial charge on any atom is 0.279 e. The second-order valence-electron chi connectivity index (χ2n) is 9.94. The second-order valence-corrected chi connectivity index (χ2v) is 12.0. The van der Waals surface area contributed by atoms with E-state index in [9.17, 15) is 13.2 Å². The molecule has 1 aromatic rings. The number of rotatable bonds is 9. The van der Waals surface area contributed by atoms with Crippen molar-refractivity contribution in [3.63, 3.8) is 0 Å². The number of nitrogens with zero attached hydrogens (tertiary/aromatic N) is 1. The van der Waals surface area contributed by atoms with E-state index in [1.807, 2.05) is 6.92 Å². The normalized spacial score (nSPS) is 30.0. The van der Waals surface area contributed by atoms with Gasteiger partial charge < -0.3 is 10.6 Å². The largest absolute Gasteiger partial charge is 0.334 e. The number of carbonyl (C=O) groups is 1. The number of carbonyl (C=O) groups excluding carboxylic acids is 1. The molecule has 0 aromatic heterocycles. The van der Waals surface area contributed by atoms with Gasteiger partial charge in [0.25, 0.3) is 5.91 Å². The molecular weight excluding hydrogens is 398 g/mol. The summed E-state index contributed by atoms with van der Waals surface area (Å²) in [5, 5.41) is 5.24. The zero-order valence-electron chi connectivity index (χ0n) is 18.3. The topological polar surface area (TPSA) is 83.1 Å². The van der Waals surface area contributed by atoms with Gasteiger partial charge in [0.05, 0.1) is 10.4 Å². The first kappa shape index (κ1) is 21.8. The molecular formula is C23H36N3O3S+. The number of anilines is 1. The van der Waals surface area contributed by atoms with Crippen molar-refractivity contribution in [2.24, 2.45) is 17.8 Å². The van der Waals surface area contributed by atoms with E-state index >= 15 is 0 Å². The summed E-state index contributed by atoms with van der Waals surface area (Å²) in [5.74, 6) is 2.61. The van der Waals surface area contributed by atoms with Crippen molar-refractivity contribution in [1.82, 2.24) is 4.31 Å². The summed E-state index contributed by atoms with van der Waals surface area (Å²) in [6.07, 6.45) is 9.81. The molecule has 0 atom stereocenters. The molecule has 0 radical (unpaired) electrons. The number of sulfonamides is 1. The van der Waals surface area contributed by atoms with Gasteiger partial charge in [-0.2, -0.15) is 0 Å². The molecule has 0 heterocycles. The summed E-state index contributed by atoms with van der Waals surface area (Å²) in [7, 11) is -1.87. The van der Waals surface area contributed by atoms with Gasteiger partial charge in [-0.05, 0) is 67.7 Å². The summed E-state index contributed by atoms with van der Waals surface area (Å²) >= 11 is 0. The van der Waals surface area contributed by atoms with Crippen LogP contribution >= 0.6 is 0 Å². The van der Waals surface area contributed by atoms with Gasteiger partial charge >= 0.3 is 0 Å². The summed E-state index contributed by atoms with van der Waals surface area (Å²) in [6, 6.07) is 6.53. The highest BCUT2D eigenvalue weighted by Crippen LogP contribution is 2.54. The molecule has 166 valence electrons. The molecule has 4 aliphatic rings. The van der Waals surface area contributed by atoms with Gasteiger partial charge in [-0.25, -0.2) is 12.7 Å². The minimum atomic E-state index is -3.48. The van der Waals surface area contributed by atoms with Crippen molar-refractivity contribution in [2.75, 3.05) is 25.5 Å². The van der Waals surface area contributed by atoms with Gasteiger partial charge in [-0.1, -0.05) is 13.3 Å². The van der Waals surface area contributed by atoms with Crippen LogP contribution in [-0.2, 0) is 14.8 Å². The third kappa shape index (κ3) is 4.58. The predicted molar refractivity (Wildman–Crippen MR) is 117 cm³/mol. The minimum absolute atomic E-state index is 0.0126. The van der Waals surface area contributed by atoms with Crippen LogP contribution < -0.4 is 10.6 Å². The zero-order chi connectivity index (χ0) is 21.4. The molecule has 6 nitrogen and oxygen atoms in total. The Morgan fingerprint density at radius 2 is 1.67 bits per heavy atom. The Morgan fingerprint density at radius 3 is 2.20 bits per heavy atom. The maximum absolute atomic E-state index is 12.6. The highest BCUT2D eigenvalue weighted by Gasteiger charge is 2.53. The van der Waals surface area contributed by atoms with Crippen molar-refractivity contribution >= 4 is 21.6 Å². The number of nitrogens with two attached hydrogens (primary N) is 1. The average molecular weight is 435 g/mol. The molecule has 1 aromatic carbocycles. The first-order chi connectivity index (χ1) is 14.3. The van der Waals surface area contributed by atoms with Crippen molar-refractivity contribution in [3.8, 4) is 0 Å². The van der Waals surface area contributed by atoms with E-state index in [2.05, 4.69) is 10.6 Å². The quantitative estimate of drug-likeness (QED) is 0.627. The van der Waals surface area contributed by atoms with Crippen LogP contribution in [-0.4, -0.2) is 44.3 Å². The molecule has 4 saturated carbocycles. The van der Waals surface area contributed by atoms with Gasteiger partial charge in [0.1, 0.15) is 0 Å². The van der Waals surface area contributed by atoms with Crippen molar-refractivity contribution < 1.29 is 18.5 Å². The van der Waals surface area contributed by atoms with Crippen LogP contribution in [0.2, 0.25) is 0 Å². The lowest BCUT2D eigenvalue weighted by Gasteiger charge is -2.54.